The Bertz CT molecular complexity index is 606. The van der Waals surface area contributed by atoms with E-state index in [9.17, 15) is 0 Å². The highest BCUT2D eigenvalue weighted by atomic mass is 35.5. The van der Waals surface area contributed by atoms with Crippen LogP contribution in [0.3, 0.4) is 0 Å². The van der Waals surface area contributed by atoms with Crippen LogP contribution in [0.25, 0.3) is 0 Å². The largest absolute Gasteiger partial charge is 0.456 e. The number of rotatable bonds is 4. The first-order valence-corrected chi connectivity index (χ1v) is 6.11. The van der Waals surface area contributed by atoms with Crippen molar-refractivity contribution >= 4 is 24.0 Å². The lowest BCUT2D eigenvalue weighted by Crippen LogP contribution is -1.88. The molecule has 1 N–H and O–H groups in total. The van der Waals surface area contributed by atoms with E-state index in [1.807, 2.05) is 24.3 Å². The molecule has 0 aliphatic heterocycles. The monoisotopic (exact) mass is 272 g/mol. The van der Waals surface area contributed by atoms with Crippen LogP contribution in [0.15, 0.2) is 47.5 Å². The van der Waals surface area contributed by atoms with E-state index < -0.39 is 0 Å². The van der Waals surface area contributed by atoms with Gasteiger partial charge in [-0.3, -0.25) is 4.99 Å². The lowest BCUT2D eigenvalue weighted by atomic mass is 10.2. The average molecular weight is 273 g/mol. The van der Waals surface area contributed by atoms with Gasteiger partial charge in [-0.25, -0.2) is 0 Å². The molecule has 0 bridgehead atoms. The van der Waals surface area contributed by atoms with Crippen molar-refractivity contribution in [2.45, 2.75) is 0 Å². The Balaban J connectivity index is 2.20. The van der Waals surface area contributed by atoms with Crippen LogP contribution in [0, 0.1) is 5.41 Å². The Morgan fingerprint density at radius 3 is 2.37 bits per heavy atom. The van der Waals surface area contributed by atoms with Crippen molar-refractivity contribution in [1.82, 2.24) is 0 Å². The van der Waals surface area contributed by atoms with Crippen LogP contribution >= 0.6 is 11.6 Å². The van der Waals surface area contributed by atoms with Crippen molar-refractivity contribution in [3.05, 3.63) is 58.6 Å². The molecule has 0 fully saturated rings. The standard InChI is InChI=1S/C15H13ClN2O/c1-18-10-12-4-7-15(14(16)8-12)19-13-5-2-11(9-17)3-6-13/h2-10,17H,1H3. The summed E-state index contributed by atoms with van der Waals surface area (Å²) in [4.78, 5) is 3.93. The number of hydrogen-bond donors (Lipinski definition) is 1. The number of halogens is 1. The van der Waals surface area contributed by atoms with Gasteiger partial charge in [-0.05, 0) is 53.6 Å². The molecule has 2 rings (SSSR count). The molecule has 0 atom stereocenters. The van der Waals surface area contributed by atoms with Gasteiger partial charge < -0.3 is 10.1 Å². The van der Waals surface area contributed by atoms with Gasteiger partial charge in [-0.1, -0.05) is 11.6 Å². The molecule has 3 nitrogen and oxygen atoms in total. The van der Waals surface area contributed by atoms with Crippen molar-refractivity contribution in [2.75, 3.05) is 7.05 Å². The van der Waals surface area contributed by atoms with E-state index in [2.05, 4.69) is 4.99 Å². The molecule has 0 unspecified atom stereocenters. The average Bonchev–Trinajstić information content (AvgIpc) is 2.43. The molecular weight excluding hydrogens is 260 g/mol. The number of hydrogen-bond acceptors (Lipinski definition) is 3. The number of ether oxygens (including phenoxy) is 1. The van der Waals surface area contributed by atoms with Gasteiger partial charge in [0.15, 0.2) is 0 Å². The molecular formula is C15H13ClN2O. The van der Waals surface area contributed by atoms with Gasteiger partial charge >= 0.3 is 0 Å². The predicted molar refractivity (Wildman–Crippen MR) is 79.4 cm³/mol. The summed E-state index contributed by atoms with van der Waals surface area (Å²) in [5, 5.41) is 7.67. The summed E-state index contributed by atoms with van der Waals surface area (Å²) in [5.41, 5.74) is 1.76. The van der Waals surface area contributed by atoms with E-state index in [1.165, 1.54) is 6.21 Å². The molecule has 0 spiro atoms. The van der Waals surface area contributed by atoms with Crippen molar-refractivity contribution in [1.29, 1.82) is 5.41 Å². The van der Waals surface area contributed by atoms with Crippen LogP contribution in [0.1, 0.15) is 11.1 Å². The first-order chi connectivity index (χ1) is 9.22. The van der Waals surface area contributed by atoms with Gasteiger partial charge in [0.25, 0.3) is 0 Å². The van der Waals surface area contributed by atoms with Crippen molar-refractivity contribution in [3.63, 3.8) is 0 Å². The molecule has 0 amide bonds. The van der Waals surface area contributed by atoms with Gasteiger partial charge in [0.1, 0.15) is 11.5 Å². The molecule has 0 aromatic heterocycles. The lowest BCUT2D eigenvalue weighted by Gasteiger charge is -2.08. The van der Waals surface area contributed by atoms with Crippen LogP contribution in [-0.2, 0) is 0 Å². The summed E-state index contributed by atoms with van der Waals surface area (Å²) in [7, 11) is 1.71. The number of nitrogens with zero attached hydrogens (tertiary/aromatic N) is 1. The highest BCUT2D eigenvalue weighted by molar-refractivity contribution is 6.32. The zero-order valence-electron chi connectivity index (χ0n) is 10.4. The fourth-order valence-electron chi connectivity index (χ4n) is 1.59. The fourth-order valence-corrected chi connectivity index (χ4v) is 1.82. The third-order valence-corrected chi connectivity index (χ3v) is 2.80. The minimum Gasteiger partial charge on any atom is -0.456 e. The Morgan fingerprint density at radius 1 is 1.11 bits per heavy atom. The van der Waals surface area contributed by atoms with Crippen LogP contribution in [0.4, 0.5) is 0 Å². The Morgan fingerprint density at radius 2 is 1.79 bits per heavy atom. The van der Waals surface area contributed by atoms with Crippen molar-refractivity contribution in [2.24, 2.45) is 4.99 Å². The van der Waals surface area contributed by atoms with Gasteiger partial charge in [0, 0.05) is 19.5 Å². The maximum atomic E-state index is 7.13. The van der Waals surface area contributed by atoms with Crippen LogP contribution in [0.5, 0.6) is 11.5 Å². The second kappa shape index (κ2) is 6.16. The summed E-state index contributed by atoms with van der Waals surface area (Å²) in [6, 6.07) is 12.7. The third kappa shape index (κ3) is 3.42. The van der Waals surface area contributed by atoms with E-state index >= 15 is 0 Å². The second-order valence-corrected chi connectivity index (χ2v) is 4.30. The maximum absolute atomic E-state index is 7.13. The SMILES string of the molecule is CN=Cc1ccc(Oc2ccc(C=N)cc2)c(Cl)c1. The predicted octanol–water partition coefficient (Wildman–Crippen LogP) is 4.18. The van der Waals surface area contributed by atoms with E-state index in [4.69, 9.17) is 21.7 Å². The number of benzene rings is 2. The van der Waals surface area contributed by atoms with Crippen molar-refractivity contribution < 1.29 is 4.74 Å². The number of nitrogens with one attached hydrogen (secondary N) is 1. The van der Waals surface area contributed by atoms with E-state index in [0.29, 0.717) is 16.5 Å². The summed E-state index contributed by atoms with van der Waals surface area (Å²) in [6.45, 7) is 0. The maximum Gasteiger partial charge on any atom is 0.146 e. The first-order valence-electron chi connectivity index (χ1n) is 5.73. The summed E-state index contributed by atoms with van der Waals surface area (Å²) in [5.74, 6) is 1.28. The molecule has 0 aliphatic carbocycles. The molecule has 2 aromatic carbocycles. The highest BCUT2D eigenvalue weighted by Crippen LogP contribution is 2.29. The summed E-state index contributed by atoms with van der Waals surface area (Å²) < 4.78 is 5.69. The Hall–Kier alpha value is -2.13. The van der Waals surface area contributed by atoms with E-state index in [1.54, 1.807) is 31.5 Å². The normalized spacial score (nSPS) is 10.6. The molecule has 19 heavy (non-hydrogen) atoms. The Kier molecular flexibility index (Phi) is 4.31. The molecule has 2 aromatic rings. The van der Waals surface area contributed by atoms with Gasteiger partial charge in [-0.15, -0.1) is 0 Å². The third-order valence-electron chi connectivity index (χ3n) is 2.51. The molecule has 0 saturated carbocycles. The molecule has 4 heteroatoms. The first kappa shape index (κ1) is 13.3. The van der Waals surface area contributed by atoms with Gasteiger partial charge in [0.2, 0.25) is 0 Å². The van der Waals surface area contributed by atoms with Crippen LogP contribution in [-0.4, -0.2) is 19.5 Å². The quantitative estimate of drug-likeness (QED) is 0.834. The van der Waals surface area contributed by atoms with Crippen LogP contribution in [0.2, 0.25) is 5.02 Å². The minimum atomic E-state index is 0.536. The van der Waals surface area contributed by atoms with E-state index in [-0.39, 0.29) is 0 Å². The van der Waals surface area contributed by atoms with Gasteiger partial charge in [0.05, 0.1) is 5.02 Å². The minimum absolute atomic E-state index is 0.536. The molecule has 0 heterocycles. The second-order valence-electron chi connectivity index (χ2n) is 3.89. The van der Waals surface area contributed by atoms with E-state index in [0.717, 1.165) is 11.1 Å². The molecule has 0 aliphatic rings. The molecule has 96 valence electrons. The molecule has 0 radical (unpaired) electrons. The number of aliphatic imine (C=N–C) groups is 1. The fraction of sp³-hybridized carbons (Fsp3) is 0.0667. The summed E-state index contributed by atoms with van der Waals surface area (Å²) >= 11 is 6.15. The smallest absolute Gasteiger partial charge is 0.146 e. The lowest BCUT2D eigenvalue weighted by molar-refractivity contribution is 0.483. The van der Waals surface area contributed by atoms with Gasteiger partial charge in [-0.2, -0.15) is 0 Å². The zero-order valence-corrected chi connectivity index (χ0v) is 11.2. The topological polar surface area (TPSA) is 45.4 Å². The van der Waals surface area contributed by atoms with Crippen molar-refractivity contribution in [3.8, 4) is 11.5 Å². The Labute approximate surface area is 117 Å². The zero-order chi connectivity index (χ0) is 13.7. The van der Waals surface area contributed by atoms with Crippen LogP contribution < -0.4 is 4.74 Å². The molecule has 0 saturated heterocycles. The highest BCUT2D eigenvalue weighted by Gasteiger charge is 2.04. The summed E-state index contributed by atoms with van der Waals surface area (Å²) in [6.07, 6.45) is 3.02.